The number of hydrogen-bond donors (Lipinski definition) is 2. The summed E-state index contributed by atoms with van der Waals surface area (Å²) in [4.78, 5) is 24.0. The fourth-order valence-electron chi connectivity index (χ4n) is 2.62. The molecule has 0 heterocycles. The first-order chi connectivity index (χ1) is 14.4. The number of ether oxygens (including phenoxy) is 2. The second-order valence-corrected chi connectivity index (χ2v) is 6.47. The number of benzene rings is 2. The Kier molecular flexibility index (Phi) is 8.45. The molecule has 0 spiro atoms. The first kappa shape index (κ1) is 22.5. The van der Waals surface area contributed by atoms with Crippen molar-refractivity contribution in [3.63, 3.8) is 0 Å². The molecule has 0 saturated heterocycles. The zero-order valence-corrected chi connectivity index (χ0v) is 17.3. The van der Waals surface area contributed by atoms with Crippen LogP contribution in [0.4, 0.5) is 5.69 Å². The topological polar surface area (TPSA) is 89.0 Å². The van der Waals surface area contributed by atoms with Crippen molar-refractivity contribution >= 4 is 23.7 Å². The maximum atomic E-state index is 12.1. The number of nitrogens with one attached hydrogen (secondary N) is 2. The van der Waals surface area contributed by atoms with E-state index in [1.165, 1.54) is 6.21 Å². The molecule has 0 bridgehead atoms. The van der Waals surface area contributed by atoms with E-state index in [1.54, 1.807) is 18.2 Å². The monoisotopic (exact) mass is 407 g/mol. The van der Waals surface area contributed by atoms with E-state index in [1.807, 2.05) is 39.0 Å². The number of nitrogens with zero attached hydrogens (tertiary/aromatic N) is 1. The molecule has 0 radical (unpaired) electrons. The van der Waals surface area contributed by atoms with Gasteiger partial charge in [0.1, 0.15) is 13.0 Å². The second kappa shape index (κ2) is 11.3. The molecule has 0 atom stereocenters. The molecule has 0 aromatic heterocycles. The highest BCUT2D eigenvalue weighted by Crippen LogP contribution is 2.28. The lowest BCUT2D eigenvalue weighted by Crippen LogP contribution is -2.24. The van der Waals surface area contributed by atoms with E-state index in [-0.39, 0.29) is 13.0 Å². The Morgan fingerprint density at radius 1 is 1.10 bits per heavy atom. The van der Waals surface area contributed by atoms with Gasteiger partial charge in [-0.15, -0.1) is 6.42 Å². The van der Waals surface area contributed by atoms with Crippen LogP contribution < -0.4 is 20.2 Å². The molecule has 2 aromatic rings. The highest BCUT2D eigenvalue weighted by molar-refractivity contribution is 6.04. The molecule has 0 saturated carbocycles. The van der Waals surface area contributed by atoms with Crippen molar-refractivity contribution in [1.82, 2.24) is 5.43 Å². The van der Waals surface area contributed by atoms with E-state index in [2.05, 4.69) is 21.8 Å². The highest BCUT2D eigenvalue weighted by Gasteiger charge is 2.10. The van der Waals surface area contributed by atoms with E-state index >= 15 is 0 Å². The standard InChI is InChI=1S/C23H25N3O4/c1-5-11-30-20-10-8-18(13-21(20)29-6-2)15-24-26-23(28)14-22(27)25-19-9-7-16(3)12-17(19)4/h1,7-10,12-13,15H,6,11,14H2,2-4H3,(H,25,27)(H,26,28). The zero-order valence-electron chi connectivity index (χ0n) is 17.3. The van der Waals surface area contributed by atoms with Crippen LogP contribution >= 0.6 is 0 Å². The molecule has 30 heavy (non-hydrogen) atoms. The third-order valence-corrected chi connectivity index (χ3v) is 3.96. The van der Waals surface area contributed by atoms with Gasteiger partial charge in [-0.1, -0.05) is 23.6 Å². The van der Waals surface area contributed by atoms with E-state index in [4.69, 9.17) is 15.9 Å². The largest absolute Gasteiger partial charge is 0.490 e. The number of carbonyl (C=O) groups excluding carboxylic acids is 2. The summed E-state index contributed by atoms with van der Waals surface area (Å²) in [6, 6.07) is 10.8. The number of terminal acetylenes is 1. The third kappa shape index (κ3) is 6.99. The first-order valence-electron chi connectivity index (χ1n) is 9.45. The van der Waals surface area contributed by atoms with Gasteiger partial charge in [-0.25, -0.2) is 5.43 Å². The number of carbonyl (C=O) groups is 2. The number of anilines is 1. The first-order valence-corrected chi connectivity index (χ1v) is 9.45. The molecule has 7 nitrogen and oxygen atoms in total. The maximum absolute atomic E-state index is 12.1. The van der Waals surface area contributed by atoms with Crippen LogP contribution in [-0.4, -0.2) is 31.2 Å². The van der Waals surface area contributed by atoms with E-state index in [9.17, 15) is 9.59 Å². The van der Waals surface area contributed by atoms with Crippen LogP contribution in [0.25, 0.3) is 0 Å². The van der Waals surface area contributed by atoms with Gasteiger partial charge in [0.25, 0.3) is 0 Å². The molecular weight excluding hydrogens is 382 g/mol. The van der Waals surface area contributed by atoms with Gasteiger partial charge in [-0.3, -0.25) is 9.59 Å². The third-order valence-electron chi connectivity index (χ3n) is 3.96. The van der Waals surface area contributed by atoms with Crippen LogP contribution in [0.2, 0.25) is 0 Å². The van der Waals surface area contributed by atoms with Gasteiger partial charge in [-0.05, 0) is 56.2 Å². The van der Waals surface area contributed by atoms with Crippen molar-refractivity contribution in [3.8, 4) is 23.8 Å². The van der Waals surface area contributed by atoms with Gasteiger partial charge < -0.3 is 14.8 Å². The van der Waals surface area contributed by atoms with Crippen molar-refractivity contribution in [2.45, 2.75) is 27.2 Å². The van der Waals surface area contributed by atoms with Crippen LogP contribution in [0.1, 0.15) is 30.0 Å². The minimum atomic E-state index is -0.521. The molecule has 0 aliphatic carbocycles. The minimum absolute atomic E-state index is 0.133. The fraction of sp³-hybridized carbons (Fsp3) is 0.261. The fourth-order valence-corrected chi connectivity index (χ4v) is 2.62. The molecule has 0 aliphatic heterocycles. The average Bonchev–Trinajstić information content (AvgIpc) is 2.69. The lowest BCUT2D eigenvalue weighted by Gasteiger charge is -2.10. The molecular formula is C23H25N3O4. The molecule has 7 heteroatoms. The van der Waals surface area contributed by atoms with Crippen molar-refractivity contribution in [2.24, 2.45) is 5.10 Å². The molecule has 0 aliphatic rings. The predicted molar refractivity (Wildman–Crippen MR) is 117 cm³/mol. The van der Waals surface area contributed by atoms with Crippen LogP contribution in [0.5, 0.6) is 11.5 Å². The Morgan fingerprint density at radius 2 is 1.90 bits per heavy atom. The Bertz CT molecular complexity index is 977. The summed E-state index contributed by atoms with van der Waals surface area (Å²) in [7, 11) is 0. The van der Waals surface area contributed by atoms with Gasteiger partial charge in [0.2, 0.25) is 11.8 Å². The van der Waals surface area contributed by atoms with Crippen molar-refractivity contribution in [1.29, 1.82) is 0 Å². The molecule has 0 unspecified atom stereocenters. The smallest absolute Gasteiger partial charge is 0.249 e. The molecule has 2 N–H and O–H groups in total. The van der Waals surface area contributed by atoms with Crippen LogP contribution in [-0.2, 0) is 9.59 Å². The lowest BCUT2D eigenvalue weighted by molar-refractivity contribution is -0.126. The zero-order chi connectivity index (χ0) is 21.9. The lowest BCUT2D eigenvalue weighted by atomic mass is 10.1. The number of amides is 2. The van der Waals surface area contributed by atoms with Crippen molar-refractivity contribution < 1.29 is 19.1 Å². The second-order valence-electron chi connectivity index (χ2n) is 6.47. The van der Waals surface area contributed by atoms with Crippen LogP contribution in [0, 0.1) is 26.2 Å². The van der Waals surface area contributed by atoms with E-state index in [0.29, 0.717) is 29.4 Å². The molecule has 0 fully saturated rings. The Balaban J connectivity index is 1.91. The normalized spacial score (nSPS) is 10.3. The van der Waals surface area contributed by atoms with Gasteiger partial charge in [-0.2, -0.15) is 5.10 Å². The Morgan fingerprint density at radius 3 is 2.60 bits per heavy atom. The maximum Gasteiger partial charge on any atom is 0.249 e. The van der Waals surface area contributed by atoms with Gasteiger partial charge in [0.15, 0.2) is 11.5 Å². The van der Waals surface area contributed by atoms with E-state index < -0.39 is 11.8 Å². The molecule has 2 rings (SSSR count). The Labute approximate surface area is 176 Å². The van der Waals surface area contributed by atoms with Crippen molar-refractivity contribution in [2.75, 3.05) is 18.5 Å². The molecule has 2 amide bonds. The van der Waals surface area contributed by atoms with Crippen LogP contribution in [0.3, 0.4) is 0 Å². The average molecular weight is 407 g/mol. The minimum Gasteiger partial charge on any atom is -0.490 e. The van der Waals surface area contributed by atoms with Gasteiger partial charge in [0, 0.05) is 5.69 Å². The molecule has 2 aromatic carbocycles. The van der Waals surface area contributed by atoms with Crippen molar-refractivity contribution in [3.05, 3.63) is 53.1 Å². The molecule has 156 valence electrons. The van der Waals surface area contributed by atoms with Crippen LogP contribution in [0.15, 0.2) is 41.5 Å². The number of rotatable bonds is 9. The summed E-state index contributed by atoms with van der Waals surface area (Å²) in [5.41, 5.74) is 5.74. The van der Waals surface area contributed by atoms with E-state index in [0.717, 1.165) is 11.1 Å². The van der Waals surface area contributed by atoms with Gasteiger partial charge in [0.05, 0.1) is 12.8 Å². The summed E-state index contributed by atoms with van der Waals surface area (Å²) in [6.07, 6.45) is 6.32. The SMILES string of the molecule is C#CCOc1ccc(C=NNC(=O)CC(=O)Nc2ccc(C)cc2C)cc1OCC. The summed E-state index contributed by atoms with van der Waals surface area (Å²) in [5, 5.41) is 6.62. The number of hydrogen-bond acceptors (Lipinski definition) is 5. The highest BCUT2D eigenvalue weighted by atomic mass is 16.5. The predicted octanol–water partition coefficient (Wildman–Crippen LogP) is 3.19. The quantitative estimate of drug-likeness (QED) is 0.289. The Hall–Kier alpha value is -3.79. The summed E-state index contributed by atoms with van der Waals surface area (Å²) < 4.78 is 11.0. The number of hydrazone groups is 1. The summed E-state index contributed by atoms with van der Waals surface area (Å²) in [6.45, 7) is 6.31. The van der Waals surface area contributed by atoms with Gasteiger partial charge >= 0.3 is 0 Å². The number of aryl methyl sites for hydroxylation is 2. The summed E-state index contributed by atoms with van der Waals surface area (Å²) in [5.74, 6) is 2.52. The summed E-state index contributed by atoms with van der Waals surface area (Å²) >= 11 is 0.